The highest BCUT2D eigenvalue weighted by atomic mass is 32.2. The van der Waals surface area contributed by atoms with Crippen LogP contribution >= 0.6 is 11.8 Å². The van der Waals surface area contributed by atoms with Crippen molar-refractivity contribution in [2.24, 2.45) is 0 Å². The van der Waals surface area contributed by atoms with E-state index in [2.05, 4.69) is 37.7 Å². The number of rotatable bonds is 7. The molecule has 1 rings (SSSR count). The summed E-state index contributed by atoms with van der Waals surface area (Å²) in [6, 6.07) is 0. The summed E-state index contributed by atoms with van der Waals surface area (Å²) in [5, 5.41) is 6.39. The van der Waals surface area contributed by atoms with Gasteiger partial charge in [0.05, 0.1) is 6.54 Å². The van der Waals surface area contributed by atoms with Crippen molar-refractivity contribution in [1.29, 1.82) is 0 Å². The Kier molecular flexibility index (Phi) is 5.99. The zero-order valence-corrected chi connectivity index (χ0v) is 13.1. The molecule has 0 aliphatic heterocycles. The Morgan fingerprint density at radius 1 is 1.33 bits per heavy atom. The van der Waals surface area contributed by atoms with Crippen molar-refractivity contribution in [3.05, 3.63) is 0 Å². The van der Waals surface area contributed by atoms with Crippen LogP contribution in [0.3, 0.4) is 0 Å². The van der Waals surface area contributed by atoms with Crippen LogP contribution in [0, 0.1) is 0 Å². The zero-order valence-electron chi connectivity index (χ0n) is 12.3. The Labute approximate surface area is 116 Å². The molecule has 1 fully saturated rings. The minimum absolute atomic E-state index is 0.0939. The van der Waals surface area contributed by atoms with Gasteiger partial charge in [-0.15, -0.1) is 0 Å². The molecule has 0 atom stereocenters. The molecule has 0 unspecified atom stereocenters. The average molecular weight is 272 g/mol. The maximum Gasteiger partial charge on any atom is 0.234 e. The second kappa shape index (κ2) is 6.80. The summed E-state index contributed by atoms with van der Waals surface area (Å²) in [4.78, 5) is 11.8. The third-order valence-corrected chi connectivity index (χ3v) is 5.46. The number of hydrogen-bond acceptors (Lipinski definition) is 3. The second-order valence-electron chi connectivity index (χ2n) is 5.98. The third-order valence-electron chi connectivity index (χ3n) is 4.04. The van der Waals surface area contributed by atoms with E-state index in [0.29, 0.717) is 11.3 Å². The summed E-state index contributed by atoms with van der Waals surface area (Å²) in [5.74, 6) is 0.107. The van der Waals surface area contributed by atoms with E-state index in [9.17, 15) is 4.79 Å². The van der Waals surface area contributed by atoms with E-state index < -0.39 is 0 Å². The highest BCUT2D eigenvalue weighted by Crippen LogP contribution is 2.39. The average Bonchev–Trinajstić information content (AvgIpc) is 2.78. The molecule has 18 heavy (non-hydrogen) atoms. The first-order valence-corrected chi connectivity index (χ1v) is 8.22. The summed E-state index contributed by atoms with van der Waals surface area (Å²) in [7, 11) is 0. The topological polar surface area (TPSA) is 41.1 Å². The molecule has 1 aliphatic rings. The minimum atomic E-state index is -0.0939. The molecule has 0 aromatic heterocycles. The minimum Gasteiger partial charge on any atom is -0.350 e. The number of hydrogen-bond donors (Lipinski definition) is 2. The number of amides is 1. The van der Waals surface area contributed by atoms with E-state index in [4.69, 9.17) is 0 Å². The standard InChI is InChI=1S/C14H28N2OS/c1-5-13(2,3)16-12(17)10-15-11-14(18-4)8-6-7-9-14/h15H,5-11H2,1-4H3,(H,16,17). The summed E-state index contributed by atoms with van der Waals surface area (Å²) >= 11 is 1.95. The molecule has 1 saturated carbocycles. The highest BCUT2D eigenvalue weighted by Gasteiger charge is 2.32. The Hall–Kier alpha value is -0.220. The number of thioether (sulfide) groups is 1. The van der Waals surface area contributed by atoms with E-state index in [1.807, 2.05) is 11.8 Å². The van der Waals surface area contributed by atoms with Gasteiger partial charge in [-0.05, 0) is 39.4 Å². The monoisotopic (exact) mass is 272 g/mol. The molecule has 0 radical (unpaired) electrons. The van der Waals surface area contributed by atoms with Crippen LogP contribution < -0.4 is 10.6 Å². The van der Waals surface area contributed by atoms with E-state index in [0.717, 1.165) is 13.0 Å². The lowest BCUT2D eigenvalue weighted by atomic mass is 10.0. The number of carbonyl (C=O) groups excluding carboxylic acids is 1. The largest absolute Gasteiger partial charge is 0.350 e. The molecule has 4 heteroatoms. The fourth-order valence-corrected chi connectivity index (χ4v) is 3.33. The quantitative estimate of drug-likeness (QED) is 0.748. The molecule has 1 aliphatic carbocycles. The van der Waals surface area contributed by atoms with E-state index in [-0.39, 0.29) is 11.4 Å². The Balaban J connectivity index is 2.27. The summed E-state index contributed by atoms with van der Waals surface area (Å²) in [5.41, 5.74) is -0.0939. The van der Waals surface area contributed by atoms with E-state index in [1.54, 1.807) is 0 Å². The molecule has 0 bridgehead atoms. The van der Waals surface area contributed by atoms with Gasteiger partial charge in [0.15, 0.2) is 0 Å². The lowest BCUT2D eigenvalue weighted by molar-refractivity contribution is -0.121. The van der Waals surface area contributed by atoms with Crippen molar-refractivity contribution in [2.45, 2.75) is 63.2 Å². The van der Waals surface area contributed by atoms with Crippen molar-refractivity contribution < 1.29 is 4.79 Å². The van der Waals surface area contributed by atoms with Crippen LogP contribution in [0.15, 0.2) is 0 Å². The Morgan fingerprint density at radius 2 is 1.94 bits per heavy atom. The van der Waals surface area contributed by atoms with Gasteiger partial charge in [0.1, 0.15) is 0 Å². The third kappa shape index (κ3) is 4.81. The predicted octanol–water partition coefficient (Wildman–Crippen LogP) is 2.56. The first-order valence-electron chi connectivity index (χ1n) is 7.00. The lowest BCUT2D eigenvalue weighted by Gasteiger charge is -2.28. The summed E-state index contributed by atoms with van der Waals surface area (Å²) in [6.45, 7) is 7.60. The van der Waals surface area contributed by atoms with Gasteiger partial charge >= 0.3 is 0 Å². The SMILES string of the molecule is CCC(C)(C)NC(=O)CNCC1(SC)CCCC1. The summed E-state index contributed by atoms with van der Waals surface area (Å²) in [6.07, 6.45) is 8.36. The van der Waals surface area contributed by atoms with Crippen LogP contribution in [0.5, 0.6) is 0 Å². The fourth-order valence-electron chi connectivity index (χ4n) is 2.39. The number of carbonyl (C=O) groups is 1. The molecule has 0 saturated heterocycles. The maximum absolute atomic E-state index is 11.8. The van der Waals surface area contributed by atoms with Gasteiger partial charge in [-0.25, -0.2) is 0 Å². The molecular formula is C14H28N2OS. The zero-order chi connectivity index (χ0) is 13.6. The first kappa shape index (κ1) is 15.8. The Morgan fingerprint density at radius 3 is 2.44 bits per heavy atom. The lowest BCUT2D eigenvalue weighted by Crippen LogP contribution is -2.48. The van der Waals surface area contributed by atoms with Crippen molar-refractivity contribution in [1.82, 2.24) is 10.6 Å². The molecular weight excluding hydrogens is 244 g/mol. The molecule has 1 amide bonds. The second-order valence-corrected chi connectivity index (χ2v) is 7.26. The first-order chi connectivity index (χ1) is 8.43. The van der Waals surface area contributed by atoms with Gasteiger partial charge in [-0.2, -0.15) is 11.8 Å². The van der Waals surface area contributed by atoms with Crippen LogP contribution in [0.4, 0.5) is 0 Å². The van der Waals surface area contributed by atoms with Crippen LogP contribution in [-0.2, 0) is 4.79 Å². The number of nitrogens with one attached hydrogen (secondary N) is 2. The van der Waals surface area contributed by atoms with Gasteiger partial charge in [-0.3, -0.25) is 4.79 Å². The molecule has 106 valence electrons. The van der Waals surface area contributed by atoms with Gasteiger partial charge in [0, 0.05) is 16.8 Å². The van der Waals surface area contributed by atoms with E-state index >= 15 is 0 Å². The normalized spacial score (nSPS) is 18.9. The van der Waals surface area contributed by atoms with Crippen LogP contribution in [0.2, 0.25) is 0 Å². The molecule has 2 N–H and O–H groups in total. The maximum atomic E-state index is 11.8. The van der Waals surface area contributed by atoms with Crippen molar-refractivity contribution in [3.63, 3.8) is 0 Å². The summed E-state index contributed by atoms with van der Waals surface area (Å²) < 4.78 is 0.376. The molecule has 0 aromatic carbocycles. The van der Waals surface area contributed by atoms with Crippen molar-refractivity contribution in [2.75, 3.05) is 19.3 Å². The molecule has 0 heterocycles. The highest BCUT2D eigenvalue weighted by molar-refractivity contribution is 8.00. The molecule has 0 spiro atoms. The molecule has 0 aromatic rings. The van der Waals surface area contributed by atoms with Gasteiger partial charge in [0.25, 0.3) is 0 Å². The van der Waals surface area contributed by atoms with Crippen LogP contribution in [0.1, 0.15) is 52.9 Å². The van der Waals surface area contributed by atoms with Gasteiger partial charge in [0.2, 0.25) is 5.91 Å². The predicted molar refractivity (Wildman–Crippen MR) is 80.1 cm³/mol. The van der Waals surface area contributed by atoms with Crippen LogP contribution in [-0.4, -0.2) is 35.5 Å². The van der Waals surface area contributed by atoms with Crippen molar-refractivity contribution in [3.8, 4) is 0 Å². The fraction of sp³-hybridized carbons (Fsp3) is 0.929. The van der Waals surface area contributed by atoms with E-state index in [1.165, 1.54) is 25.7 Å². The van der Waals surface area contributed by atoms with Gasteiger partial charge in [-0.1, -0.05) is 19.8 Å². The van der Waals surface area contributed by atoms with Crippen LogP contribution in [0.25, 0.3) is 0 Å². The van der Waals surface area contributed by atoms with Gasteiger partial charge < -0.3 is 10.6 Å². The Bertz CT molecular complexity index is 273. The van der Waals surface area contributed by atoms with Crippen molar-refractivity contribution >= 4 is 17.7 Å². The molecule has 3 nitrogen and oxygen atoms in total. The smallest absolute Gasteiger partial charge is 0.234 e.